The maximum Gasteiger partial charge on any atom is 0.321 e. The summed E-state index contributed by atoms with van der Waals surface area (Å²) in [7, 11) is 0. The molecule has 2 heterocycles. The molecule has 1 saturated heterocycles. The zero-order valence-corrected chi connectivity index (χ0v) is 12.8. The van der Waals surface area contributed by atoms with Gasteiger partial charge in [0.1, 0.15) is 0 Å². The number of aliphatic hydroxyl groups is 1. The Bertz CT molecular complexity index is 655. The van der Waals surface area contributed by atoms with Gasteiger partial charge in [-0.15, -0.1) is 11.3 Å². The number of aliphatic hydroxyl groups excluding tert-OH is 1. The van der Waals surface area contributed by atoms with Crippen molar-refractivity contribution in [3.8, 4) is 0 Å². The van der Waals surface area contributed by atoms with Gasteiger partial charge < -0.3 is 15.3 Å². The summed E-state index contributed by atoms with van der Waals surface area (Å²) in [4.78, 5) is 18.5. The summed E-state index contributed by atoms with van der Waals surface area (Å²) in [6, 6.07) is 5.69. The highest BCUT2D eigenvalue weighted by Crippen LogP contribution is 2.25. The summed E-state index contributed by atoms with van der Waals surface area (Å²) in [5.41, 5.74) is 1.76. The number of fused-ring (bicyclic) bond motifs is 1. The number of thiazole rings is 1. The molecule has 2 N–H and O–H groups in total. The van der Waals surface area contributed by atoms with Crippen molar-refractivity contribution in [2.45, 2.75) is 19.8 Å². The Labute approximate surface area is 127 Å². The molecule has 1 atom stereocenters. The van der Waals surface area contributed by atoms with Crippen LogP contribution in [-0.2, 0) is 0 Å². The van der Waals surface area contributed by atoms with E-state index in [0.717, 1.165) is 40.3 Å². The summed E-state index contributed by atoms with van der Waals surface area (Å²) in [6.07, 6.45) is 1.94. The first-order chi connectivity index (χ1) is 10.2. The second kappa shape index (κ2) is 5.99. The van der Waals surface area contributed by atoms with Crippen LogP contribution in [0.4, 0.5) is 10.5 Å². The molecule has 0 aliphatic carbocycles. The van der Waals surface area contributed by atoms with Gasteiger partial charge in [-0.1, -0.05) is 0 Å². The lowest BCUT2D eigenvalue weighted by molar-refractivity contribution is 0.136. The van der Waals surface area contributed by atoms with Crippen molar-refractivity contribution in [1.82, 2.24) is 9.88 Å². The molecule has 0 spiro atoms. The zero-order valence-electron chi connectivity index (χ0n) is 12.0. The number of hydrogen-bond acceptors (Lipinski definition) is 4. The minimum Gasteiger partial charge on any atom is -0.396 e. The molecule has 112 valence electrons. The maximum absolute atomic E-state index is 12.3. The van der Waals surface area contributed by atoms with E-state index in [2.05, 4.69) is 10.3 Å². The van der Waals surface area contributed by atoms with Crippen LogP contribution in [0.5, 0.6) is 0 Å². The number of nitrogens with one attached hydrogen (secondary N) is 1. The third-order valence-corrected chi connectivity index (χ3v) is 4.74. The van der Waals surface area contributed by atoms with E-state index in [-0.39, 0.29) is 18.6 Å². The second-order valence-corrected chi connectivity index (χ2v) is 6.72. The number of aromatic nitrogens is 1. The van der Waals surface area contributed by atoms with Gasteiger partial charge in [0.2, 0.25) is 0 Å². The molecule has 5 nitrogen and oxygen atoms in total. The number of rotatable bonds is 2. The summed E-state index contributed by atoms with van der Waals surface area (Å²) in [6.45, 7) is 3.51. The van der Waals surface area contributed by atoms with E-state index < -0.39 is 0 Å². The van der Waals surface area contributed by atoms with Crippen LogP contribution in [0.3, 0.4) is 0 Å². The molecule has 1 fully saturated rings. The lowest BCUT2D eigenvalue weighted by atomic mass is 9.99. The van der Waals surface area contributed by atoms with E-state index in [0.29, 0.717) is 6.54 Å². The molecule has 1 aromatic carbocycles. The van der Waals surface area contributed by atoms with E-state index in [1.54, 1.807) is 16.2 Å². The Kier molecular flexibility index (Phi) is 4.07. The SMILES string of the molecule is Cc1nc2ccc(NC(=O)N3CCCC(CO)C3)cc2s1. The number of amides is 2. The topological polar surface area (TPSA) is 65.5 Å². The van der Waals surface area contributed by atoms with Gasteiger partial charge in [-0.3, -0.25) is 0 Å². The first-order valence-corrected chi connectivity index (χ1v) is 8.01. The second-order valence-electron chi connectivity index (χ2n) is 5.48. The highest BCUT2D eigenvalue weighted by molar-refractivity contribution is 7.18. The molecule has 21 heavy (non-hydrogen) atoms. The molecule has 2 amide bonds. The van der Waals surface area contributed by atoms with Gasteiger partial charge in [0.25, 0.3) is 0 Å². The van der Waals surface area contributed by atoms with E-state index >= 15 is 0 Å². The fourth-order valence-corrected chi connectivity index (χ4v) is 3.59. The van der Waals surface area contributed by atoms with Crippen LogP contribution in [0.15, 0.2) is 18.2 Å². The number of nitrogens with zero attached hydrogens (tertiary/aromatic N) is 2. The van der Waals surface area contributed by atoms with Crippen molar-refractivity contribution in [3.05, 3.63) is 23.2 Å². The van der Waals surface area contributed by atoms with E-state index in [1.807, 2.05) is 25.1 Å². The maximum atomic E-state index is 12.3. The number of carbonyl (C=O) groups is 1. The van der Waals surface area contributed by atoms with Gasteiger partial charge in [0.05, 0.1) is 15.2 Å². The number of hydrogen-bond donors (Lipinski definition) is 2. The van der Waals surface area contributed by atoms with Crippen LogP contribution >= 0.6 is 11.3 Å². The molecule has 0 saturated carbocycles. The average molecular weight is 305 g/mol. The average Bonchev–Trinajstić information content (AvgIpc) is 2.86. The Hall–Kier alpha value is -1.66. The molecule has 3 rings (SSSR count). The van der Waals surface area contributed by atoms with Crippen molar-refractivity contribution in [2.24, 2.45) is 5.92 Å². The normalized spacial score (nSPS) is 19.0. The number of carbonyl (C=O) groups excluding carboxylic acids is 1. The van der Waals surface area contributed by atoms with Crippen LogP contribution in [0.25, 0.3) is 10.2 Å². The van der Waals surface area contributed by atoms with Crippen molar-refractivity contribution in [3.63, 3.8) is 0 Å². The highest BCUT2D eigenvalue weighted by Gasteiger charge is 2.23. The van der Waals surface area contributed by atoms with E-state index in [4.69, 9.17) is 0 Å². The smallest absolute Gasteiger partial charge is 0.321 e. The number of benzene rings is 1. The Morgan fingerprint density at radius 3 is 3.24 bits per heavy atom. The Morgan fingerprint density at radius 2 is 2.43 bits per heavy atom. The van der Waals surface area contributed by atoms with Gasteiger partial charge in [-0.2, -0.15) is 0 Å². The largest absolute Gasteiger partial charge is 0.396 e. The van der Waals surface area contributed by atoms with Gasteiger partial charge in [0, 0.05) is 25.4 Å². The minimum atomic E-state index is -0.0891. The third kappa shape index (κ3) is 3.16. The number of aryl methyl sites for hydroxylation is 1. The van der Waals surface area contributed by atoms with Gasteiger partial charge in [-0.05, 0) is 43.9 Å². The molecule has 2 aromatic rings. The zero-order chi connectivity index (χ0) is 14.8. The first kappa shape index (κ1) is 14.3. The fourth-order valence-electron chi connectivity index (χ4n) is 2.72. The molecule has 0 radical (unpaired) electrons. The molecule has 1 unspecified atom stereocenters. The number of urea groups is 1. The molecule has 0 bridgehead atoms. The van der Waals surface area contributed by atoms with Gasteiger partial charge in [0.15, 0.2) is 0 Å². The van der Waals surface area contributed by atoms with Crippen molar-refractivity contribution in [1.29, 1.82) is 0 Å². The summed E-state index contributed by atoms with van der Waals surface area (Å²) in [5, 5.41) is 13.2. The monoisotopic (exact) mass is 305 g/mol. The Balaban J connectivity index is 1.70. The third-order valence-electron chi connectivity index (χ3n) is 3.81. The van der Waals surface area contributed by atoms with Gasteiger partial charge >= 0.3 is 6.03 Å². The van der Waals surface area contributed by atoms with Crippen LogP contribution in [-0.4, -0.2) is 40.7 Å². The van der Waals surface area contributed by atoms with Crippen LogP contribution < -0.4 is 5.32 Å². The first-order valence-electron chi connectivity index (χ1n) is 7.19. The predicted molar refractivity (Wildman–Crippen MR) is 84.8 cm³/mol. The number of anilines is 1. The summed E-state index contributed by atoms with van der Waals surface area (Å²) in [5.74, 6) is 0.205. The van der Waals surface area contributed by atoms with E-state index in [1.165, 1.54) is 0 Å². The van der Waals surface area contributed by atoms with Crippen molar-refractivity contribution >= 4 is 33.3 Å². The summed E-state index contributed by atoms with van der Waals surface area (Å²) >= 11 is 1.62. The number of likely N-dealkylation sites (tertiary alicyclic amines) is 1. The summed E-state index contributed by atoms with van der Waals surface area (Å²) < 4.78 is 1.08. The van der Waals surface area contributed by atoms with Gasteiger partial charge in [-0.25, -0.2) is 9.78 Å². The quantitative estimate of drug-likeness (QED) is 0.896. The predicted octanol–water partition coefficient (Wildman–Crippen LogP) is 2.84. The highest BCUT2D eigenvalue weighted by atomic mass is 32.1. The lowest BCUT2D eigenvalue weighted by Crippen LogP contribution is -2.43. The molecule has 6 heteroatoms. The number of piperidine rings is 1. The molecule has 1 aromatic heterocycles. The van der Waals surface area contributed by atoms with Crippen LogP contribution in [0, 0.1) is 12.8 Å². The van der Waals surface area contributed by atoms with Crippen LogP contribution in [0.2, 0.25) is 0 Å². The van der Waals surface area contributed by atoms with E-state index in [9.17, 15) is 9.90 Å². The molecular formula is C15H19N3O2S. The standard InChI is InChI=1S/C15H19N3O2S/c1-10-16-13-5-4-12(7-14(13)21-10)17-15(20)18-6-2-3-11(8-18)9-19/h4-5,7,11,19H,2-3,6,8-9H2,1H3,(H,17,20). The fraction of sp³-hybridized carbons (Fsp3) is 0.467. The van der Waals surface area contributed by atoms with Crippen LogP contribution in [0.1, 0.15) is 17.8 Å². The molecular weight excluding hydrogens is 286 g/mol. The van der Waals surface area contributed by atoms with Crippen molar-refractivity contribution < 1.29 is 9.90 Å². The minimum absolute atomic E-state index is 0.0891. The lowest BCUT2D eigenvalue weighted by Gasteiger charge is -2.31. The van der Waals surface area contributed by atoms with Crippen molar-refractivity contribution in [2.75, 3.05) is 25.0 Å². The molecule has 1 aliphatic heterocycles. The Morgan fingerprint density at radius 1 is 1.57 bits per heavy atom. The molecule has 1 aliphatic rings.